The van der Waals surface area contributed by atoms with Gasteiger partial charge in [-0.15, -0.1) is 0 Å². The minimum absolute atomic E-state index is 0.0866. The first kappa shape index (κ1) is 21.8. The zero-order chi connectivity index (χ0) is 20.9. The molecular weight excluding hydrogens is 380 g/mol. The standard InChI is InChI=1S/C25H32O3S/c1-27-22-13-8-19(9-14-22)18-28-25-15-12-20-10-11-21(17-23(20)25)24(26)7-5-6-16-29(2,3)4/h8-11,13-14,17,24-26H,5,7,12,15,18H2,1-4H3. The van der Waals surface area contributed by atoms with Crippen LogP contribution in [0.25, 0.3) is 0 Å². The fourth-order valence-electron chi connectivity index (χ4n) is 3.52. The van der Waals surface area contributed by atoms with Crippen LogP contribution in [0.1, 0.15) is 53.7 Å². The van der Waals surface area contributed by atoms with Crippen molar-refractivity contribution in [1.29, 1.82) is 0 Å². The maximum absolute atomic E-state index is 10.6. The van der Waals surface area contributed by atoms with Crippen molar-refractivity contribution < 1.29 is 14.6 Å². The number of aliphatic hydroxyl groups excluding tert-OH is 1. The molecule has 1 aliphatic rings. The molecule has 0 bridgehead atoms. The molecule has 0 fully saturated rings. The molecule has 4 heteroatoms. The van der Waals surface area contributed by atoms with E-state index < -0.39 is 16.1 Å². The van der Waals surface area contributed by atoms with E-state index in [1.165, 1.54) is 11.1 Å². The molecule has 0 spiro atoms. The summed E-state index contributed by atoms with van der Waals surface area (Å²) in [7, 11) is 0.870. The first-order chi connectivity index (χ1) is 13.9. The third-order valence-corrected chi connectivity index (χ3v) is 5.87. The van der Waals surface area contributed by atoms with E-state index in [2.05, 4.69) is 48.1 Å². The Balaban J connectivity index is 1.60. The second kappa shape index (κ2) is 9.71. The minimum Gasteiger partial charge on any atom is -0.497 e. The van der Waals surface area contributed by atoms with Gasteiger partial charge in [-0.2, -0.15) is 10.0 Å². The van der Waals surface area contributed by atoms with Gasteiger partial charge in [0.15, 0.2) is 0 Å². The van der Waals surface area contributed by atoms with E-state index in [9.17, 15) is 5.11 Å². The lowest BCUT2D eigenvalue weighted by atomic mass is 9.99. The topological polar surface area (TPSA) is 38.7 Å². The van der Waals surface area contributed by atoms with Gasteiger partial charge in [0.2, 0.25) is 0 Å². The number of fused-ring (bicyclic) bond motifs is 1. The molecule has 0 saturated heterocycles. The summed E-state index contributed by atoms with van der Waals surface area (Å²) in [6.45, 7) is 0.575. The van der Waals surface area contributed by atoms with Crippen molar-refractivity contribution in [2.45, 2.75) is 44.5 Å². The first-order valence-electron chi connectivity index (χ1n) is 10.1. The maximum atomic E-state index is 10.6. The van der Waals surface area contributed by atoms with Crippen LogP contribution < -0.4 is 4.74 Å². The van der Waals surface area contributed by atoms with Gasteiger partial charge in [-0.3, -0.25) is 0 Å². The molecule has 0 aliphatic heterocycles. The van der Waals surface area contributed by atoms with Crippen molar-refractivity contribution in [2.24, 2.45) is 0 Å². The number of benzene rings is 2. The largest absolute Gasteiger partial charge is 0.497 e. The Bertz CT molecular complexity index is 872. The molecule has 2 aromatic carbocycles. The zero-order valence-electron chi connectivity index (χ0n) is 17.9. The van der Waals surface area contributed by atoms with Crippen molar-refractivity contribution >= 4 is 10.0 Å². The molecule has 156 valence electrons. The molecule has 2 atom stereocenters. The molecule has 1 N–H and O–H groups in total. The Morgan fingerprint density at radius 2 is 1.90 bits per heavy atom. The number of rotatable bonds is 7. The number of hydrogen-bond acceptors (Lipinski definition) is 3. The summed E-state index contributed by atoms with van der Waals surface area (Å²) in [6, 6.07) is 14.3. The normalized spacial score (nSPS) is 17.2. The molecule has 0 heterocycles. The lowest BCUT2D eigenvalue weighted by Gasteiger charge is -2.17. The molecule has 0 amide bonds. The molecule has 0 radical (unpaired) electrons. The third-order valence-electron chi connectivity index (χ3n) is 5.11. The van der Waals surface area contributed by atoms with Crippen LogP contribution in [-0.2, 0) is 17.8 Å². The van der Waals surface area contributed by atoms with Crippen molar-refractivity contribution in [3.63, 3.8) is 0 Å². The van der Waals surface area contributed by atoms with Gasteiger partial charge in [0.05, 0.1) is 25.9 Å². The van der Waals surface area contributed by atoms with E-state index in [-0.39, 0.29) is 6.10 Å². The average Bonchev–Trinajstić information content (AvgIpc) is 3.11. The lowest BCUT2D eigenvalue weighted by molar-refractivity contribution is 0.0409. The van der Waals surface area contributed by atoms with Crippen LogP contribution in [0.3, 0.4) is 0 Å². The monoisotopic (exact) mass is 412 g/mol. The van der Waals surface area contributed by atoms with Crippen LogP contribution in [0.4, 0.5) is 0 Å². The van der Waals surface area contributed by atoms with Crippen molar-refractivity contribution in [3.05, 3.63) is 64.7 Å². The number of ether oxygens (including phenoxy) is 2. The van der Waals surface area contributed by atoms with Gasteiger partial charge < -0.3 is 14.6 Å². The lowest BCUT2D eigenvalue weighted by Crippen LogP contribution is -2.03. The van der Waals surface area contributed by atoms with Gasteiger partial charge in [0.25, 0.3) is 0 Å². The van der Waals surface area contributed by atoms with Crippen LogP contribution in [0, 0.1) is 11.2 Å². The summed E-state index contributed by atoms with van der Waals surface area (Å²) in [5, 5.41) is 13.9. The highest BCUT2D eigenvalue weighted by Gasteiger charge is 2.24. The summed E-state index contributed by atoms with van der Waals surface area (Å²) in [5.41, 5.74) is 4.65. The first-order valence-corrected chi connectivity index (χ1v) is 12.9. The van der Waals surface area contributed by atoms with Crippen LogP contribution in [0.15, 0.2) is 42.5 Å². The van der Waals surface area contributed by atoms with Gasteiger partial charge >= 0.3 is 0 Å². The second-order valence-corrected chi connectivity index (χ2v) is 12.2. The van der Waals surface area contributed by atoms with Gasteiger partial charge in [-0.05, 0) is 72.4 Å². The van der Waals surface area contributed by atoms with E-state index in [1.807, 2.05) is 24.3 Å². The molecular formula is C25H32O3S. The Kier molecular flexibility index (Phi) is 7.29. The Morgan fingerprint density at radius 1 is 1.14 bits per heavy atom. The van der Waals surface area contributed by atoms with E-state index in [0.717, 1.165) is 36.1 Å². The van der Waals surface area contributed by atoms with E-state index in [1.54, 1.807) is 7.11 Å². The smallest absolute Gasteiger partial charge is 0.118 e. The number of aryl methyl sites for hydroxylation is 1. The number of hydrogen-bond donors (Lipinski definition) is 1. The fraction of sp³-hybridized carbons (Fsp3) is 0.440. The van der Waals surface area contributed by atoms with Crippen LogP contribution in [-0.4, -0.2) is 31.0 Å². The molecule has 0 aromatic heterocycles. The Hall–Kier alpha value is -1.93. The third kappa shape index (κ3) is 6.27. The van der Waals surface area contributed by atoms with Gasteiger partial charge in [-0.25, -0.2) is 0 Å². The summed E-state index contributed by atoms with van der Waals surface area (Å²) < 4.78 is 11.4. The summed E-state index contributed by atoms with van der Waals surface area (Å²) in [5.74, 6) is 4.08. The van der Waals surface area contributed by atoms with Crippen LogP contribution in [0.5, 0.6) is 5.75 Å². The zero-order valence-corrected chi connectivity index (χ0v) is 18.7. The molecule has 1 aliphatic carbocycles. The maximum Gasteiger partial charge on any atom is 0.118 e. The predicted octanol–water partition coefficient (Wildman–Crippen LogP) is 5.37. The van der Waals surface area contributed by atoms with Gasteiger partial charge in [0.1, 0.15) is 5.75 Å². The predicted molar refractivity (Wildman–Crippen MR) is 123 cm³/mol. The Morgan fingerprint density at radius 3 is 2.59 bits per heavy atom. The second-order valence-electron chi connectivity index (χ2n) is 8.32. The fourth-order valence-corrected chi connectivity index (χ4v) is 4.06. The molecule has 0 saturated carbocycles. The van der Waals surface area contributed by atoms with Gasteiger partial charge in [0, 0.05) is 6.42 Å². The van der Waals surface area contributed by atoms with E-state index in [4.69, 9.17) is 9.47 Å². The number of methoxy groups -OCH3 is 1. The highest BCUT2D eigenvalue weighted by molar-refractivity contribution is 8.35. The highest BCUT2D eigenvalue weighted by atomic mass is 32.3. The molecule has 2 unspecified atom stereocenters. The van der Waals surface area contributed by atoms with Crippen molar-refractivity contribution in [3.8, 4) is 16.9 Å². The highest BCUT2D eigenvalue weighted by Crippen LogP contribution is 2.37. The minimum atomic E-state index is -0.802. The van der Waals surface area contributed by atoms with Crippen molar-refractivity contribution in [2.75, 3.05) is 25.9 Å². The van der Waals surface area contributed by atoms with E-state index in [0.29, 0.717) is 13.0 Å². The quantitative estimate of drug-likeness (QED) is 0.622. The molecule has 3 nitrogen and oxygen atoms in total. The van der Waals surface area contributed by atoms with Gasteiger partial charge in [-0.1, -0.05) is 41.5 Å². The summed E-state index contributed by atoms with van der Waals surface area (Å²) in [6.07, 6.45) is 9.56. The summed E-state index contributed by atoms with van der Waals surface area (Å²) in [4.78, 5) is 0. The Labute approximate surface area is 176 Å². The molecule has 2 aromatic rings. The number of aliphatic hydroxyl groups is 1. The molecule has 3 rings (SSSR count). The van der Waals surface area contributed by atoms with Crippen LogP contribution in [0.2, 0.25) is 0 Å². The summed E-state index contributed by atoms with van der Waals surface area (Å²) >= 11 is 0. The molecule has 29 heavy (non-hydrogen) atoms. The van der Waals surface area contributed by atoms with E-state index >= 15 is 0 Å². The van der Waals surface area contributed by atoms with Crippen molar-refractivity contribution in [1.82, 2.24) is 0 Å². The van der Waals surface area contributed by atoms with Crippen LogP contribution >= 0.6 is 10.0 Å². The SMILES string of the molecule is COc1ccc(COC2CCc3ccc(C(O)CCC#CS(C)(C)C)cc32)cc1. The average molecular weight is 413 g/mol.